The quantitative estimate of drug-likeness (QED) is 0.705. The van der Waals surface area contributed by atoms with Crippen LogP contribution in [-0.2, 0) is 0 Å². The number of ketones is 1. The molecule has 0 unspecified atom stereocenters. The first kappa shape index (κ1) is 9.34. The van der Waals surface area contributed by atoms with Crippen molar-refractivity contribution < 1.29 is 4.79 Å². The van der Waals surface area contributed by atoms with E-state index in [2.05, 4.69) is 4.98 Å². The van der Waals surface area contributed by atoms with Gasteiger partial charge in [0, 0.05) is 5.92 Å². The van der Waals surface area contributed by atoms with Crippen molar-refractivity contribution in [2.24, 2.45) is 5.92 Å². The standard InChI is InChI=1S/C11H11NOS/c1-7(2)10(13)11-12-8-5-3-4-6-9(8)14-11/h3-7H,1-2H3. The number of carbonyl (C=O) groups excluding carboxylic acids is 1. The first-order chi connectivity index (χ1) is 6.68. The van der Waals surface area contributed by atoms with Crippen LogP contribution in [-0.4, -0.2) is 10.8 Å². The van der Waals surface area contributed by atoms with Crippen LogP contribution in [0.2, 0.25) is 0 Å². The molecule has 0 bridgehead atoms. The lowest BCUT2D eigenvalue weighted by Gasteiger charge is -1.97. The zero-order valence-electron chi connectivity index (χ0n) is 8.15. The number of rotatable bonds is 2. The minimum Gasteiger partial charge on any atom is -0.291 e. The largest absolute Gasteiger partial charge is 0.291 e. The normalized spacial score (nSPS) is 11.1. The van der Waals surface area contributed by atoms with Crippen molar-refractivity contribution in [3.8, 4) is 0 Å². The number of para-hydroxylation sites is 1. The van der Waals surface area contributed by atoms with Crippen molar-refractivity contribution in [2.45, 2.75) is 13.8 Å². The van der Waals surface area contributed by atoms with Crippen molar-refractivity contribution in [1.82, 2.24) is 4.98 Å². The van der Waals surface area contributed by atoms with Gasteiger partial charge in [0.1, 0.15) is 0 Å². The maximum Gasteiger partial charge on any atom is 0.193 e. The molecule has 0 aliphatic rings. The lowest BCUT2D eigenvalue weighted by atomic mass is 10.1. The maximum atomic E-state index is 11.7. The van der Waals surface area contributed by atoms with Crippen LogP contribution >= 0.6 is 11.3 Å². The van der Waals surface area contributed by atoms with Crippen molar-refractivity contribution in [2.75, 3.05) is 0 Å². The van der Waals surface area contributed by atoms with Crippen molar-refractivity contribution in [3.63, 3.8) is 0 Å². The number of nitrogens with zero attached hydrogens (tertiary/aromatic N) is 1. The Morgan fingerprint density at radius 3 is 2.71 bits per heavy atom. The molecule has 0 radical (unpaired) electrons. The van der Waals surface area contributed by atoms with Gasteiger partial charge >= 0.3 is 0 Å². The highest BCUT2D eigenvalue weighted by molar-refractivity contribution is 7.20. The third-order valence-corrected chi connectivity index (χ3v) is 3.08. The molecule has 2 rings (SSSR count). The zero-order valence-corrected chi connectivity index (χ0v) is 8.97. The Morgan fingerprint density at radius 2 is 2.07 bits per heavy atom. The second-order valence-electron chi connectivity index (χ2n) is 3.51. The van der Waals surface area contributed by atoms with Crippen LogP contribution in [0.1, 0.15) is 23.6 Å². The number of hydrogen-bond acceptors (Lipinski definition) is 3. The second kappa shape index (κ2) is 3.50. The zero-order chi connectivity index (χ0) is 10.1. The smallest absolute Gasteiger partial charge is 0.193 e. The predicted molar refractivity (Wildman–Crippen MR) is 58.8 cm³/mol. The van der Waals surface area contributed by atoms with Gasteiger partial charge < -0.3 is 0 Å². The summed E-state index contributed by atoms with van der Waals surface area (Å²) in [7, 11) is 0. The minimum atomic E-state index is 0.0237. The van der Waals surface area contributed by atoms with Gasteiger partial charge in [0.2, 0.25) is 0 Å². The number of fused-ring (bicyclic) bond motifs is 1. The van der Waals surface area contributed by atoms with Gasteiger partial charge in [0.25, 0.3) is 0 Å². The molecule has 1 heterocycles. The van der Waals surface area contributed by atoms with Gasteiger partial charge in [-0.15, -0.1) is 11.3 Å². The molecule has 0 amide bonds. The highest BCUT2D eigenvalue weighted by atomic mass is 32.1. The van der Waals surface area contributed by atoms with Crippen LogP contribution in [0.3, 0.4) is 0 Å². The van der Waals surface area contributed by atoms with Gasteiger partial charge in [-0.3, -0.25) is 4.79 Å². The van der Waals surface area contributed by atoms with Crippen LogP contribution < -0.4 is 0 Å². The van der Waals surface area contributed by atoms with E-state index >= 15 is 0 Å². The molecule has 0 atom stereocenters. The summed E-state index contributed by atoms with van der Waals surface area (Å²) in [5.41, 5.74) is 0.918. The van der Waals surface area contributed by atoms with Crippen LogP contribution in [0.5, 0.6) is 0 Å². The second-order valence-corrected chi connectivity index (χ2v) is 4.54. The lowest BCUT2D eigenvalue weighted by Crippen LogP contribution is -2.06. The Morgan fingerprint density at radius 1 is 1.36 bits per heavy atom. The van der Waals surface area contributed by atoms with Crippen molar-refractivity contribution >= 4 is 27.3 Å². The predicted octanol–water partition coefficient (Wildman–Crippen LogP) is 3.14. The van der Waals surface area contributed by atoms with E-state index in [1.54, 1.807) is 0 Å². The molecule has 0 fully saturated rings. The Bertz CT molecular complexity index is 440. The molecule has 0 N–H and O–H groups in total. The van der Waals surface area contributed by atoms with E-state index in [0.29, 0.717) is 5.01 Å². The fourth-order valence-corrected chi connectivity index (χ4v) is 2.28. The summed E-state index contributed by atoms with van der Waals surface area (Å²) in [4.78, 5) is 16.0. The van der Waals surface area contributed by atoms with E-state index in [-0.39, 0.29) is 11.7 Å². The van der Waals surface area contributed by atoms with E-state index in [9.17, 15) is 4.79 Å². The summed E-state index contributed by atoms with van der Waals surface area (Å²) in [5, 5.41) is 0.626. The number of thiazole rings is 1. The van der Waals surface area contributed by atoms with Gasteiger partial charge in [-0.25, -0.2) is 4.98 Å². The van der Waals surface area contributed by atoms with E-state index in [1.165, 1.54) is 11.3 Å². The van der Waals surface area contributed by atoms with E-state index in [0.717, 1.165) is 10.2 Å². The van der Waals surface area contributed by atoms with Gasteiger partial charge in [-0.1, -0.05) is 26.0 Å². The molecule has 0 saturated carbocycles. The Labute approximate surface area is 86.6 Å². The molecule has 0 spiro atoms. The molecule has 72 valence electrons. The molecule has 14 heavy (non-hydrogen) atoms. The third kappa shape index (κ3) is 1.55. The molecule has 1 aromatic heterocycles. The minimum absolute atomic E-state index is 0.0237. The number of aromatic nitrogens is 1. The van der Waals surface area contributed by atoms with E-state index < -0.39 is 0 Å². The highest BCUT2D eigenvalue weighted by Crippen LogP contribution is 2.23. The van der Waals surface area contributed by atoms with Crippen molar-refractivity contribution in [3.05, 3.63) is 29.3 Å². The Balaban J connectivity index is 2.50. The topological polar surface area (TPSA) is 30.0 Å². The first-order valence-electron chi connectivity index (χ1n) is 4.58. The average Bonchev–Trinajstić information content (AvgIpc) is 2.59. The molecule has 2 aromatic rings. The molecule has 0 aliphatic heterocycles. The molecule has 3 heteroatoms. The van der Waals surface area contributed by atoms with Crippen LogP contribution in [0.15, 0.2) is 24.3 Å². The Hall–Kier alpha value is -1.22. The van der Waals surface area contributed by atoms with Crippen LogP contribution in [0.4, 0.5) is 0 Å². The summed E-state index contributed by atoms with van der Waals surface area (Å²) < 4.78 is 1.08. The maximum absolute atomic E-state index is 11.7. The average molecular weight is 205 g/mol. The van der Waals surface area contributed by atoms with Gasteiger partial charge in [0.05, 0.1) is 10.2 Å². The van der Waals surface area contributed by atoms with Crippen molar-refractivity contribution in [1.29, 1.82) is 0 Å². The summed E-state index contributed by atoms with van der Waals surface area (Å²) in [6.45, 7) is 3.79. The number of carbonyl (C=O) groups is 1. The monoisotopic (exact) mass is 205 g/mol. The molecule has 0 saturated heterocycles. The Kier molecular flexibility index (Phi) is 2.33. The summed E-state index contributed by atoms with van der Waals surface area (Å²) in [6, 6.07) is 7.82. The van der Waals surface area contributed by atoms with Crippen LogP contribution in [0, 0.1) is 5.92 Å². The molecule has 2 nitrogen and oxygen atoms in total. The third-order valence-electron chi connectivity index (χ3n) is 2.03. The number of Topliss-reactive ketones (excluding diaryl/α,β-unsaturated/α-hetero) is 1. The summed E-state index contributed by atoms with van der Waals surface area (Å²) in [5.74, 6) is 0.154. The van der Waals surface area contributed by atoms with Crippen LogP contribution in [0.25, 0.3) is 10.2 Å². The molecular weight excluding hydrogens is 194 g/mol. The first-order valence-corrected chi connectivity index (χ1v) is 5.40. The number of hydrogen-bond donors (Lipinski definition) is 0. The molecule has 0 aliphatic carbocycles. The highest BCUT2D eigenvalue weighted by Gasteiger charge is 2.14. The van der Waals surface area contributed by atoms with E-state index in [4.69, 9.17) is 0 Å². The SMILES string of the molecule is CC(C)C(=O)c1nc2ccccc2s1. The summed E-state index contributed by atoms with van der Waals surface area (Å²) in [6.07, 6.45) is 0. The van der Waals surface area contributed by atoms with Gasteiger partial charge in [-0.2, -0.15) is 0 Å². The fraction of sp³-hybridized carbons (Fsp3) is 0.273. The molecule has 1 aromatic carbocycles. The fourth-order valence-electron chi connectivity index (χ4n) is 1.22. The summed E-state index contributed by atoms with van der Waals surface area (Å²) >= 11 is 1.47. The lowest BCUT2D eigenvalue weighted by molar-refractivity contribution is 0.0939. The number of benzene rings is 1. The molecular formula is C11H11NOS. The van der Waals surface area contributed by atoms with Gasteiger partial charge in [0.15, 0.2) is 10.8 Å². The van der Waals surface area contributed by atoms with E-state index in [1.807, 2.05) is 38.1 Å². The van der Waals surface area contributed by atoms with Gasteiger partial charge in [-0.05, 0) is 12.1 Å².